The predicted molar refractivity (Wildman–Crippen MR) is 91.9 cm³/mol. The molecular weight excluding hydrogens is 341 g/mol. The third-order valence-electron chi connectivity index (χ3n) is 3.89. The number of ether oxygens (including phenoxy) is 2. The molecule has 0 atom stereocenters. The highest BCUT2D eigenvalue weighted by Crippen LogP contribution is 2.29. The smallest absolute Gasteiger partial charge is 0.355 e. The molecule has 0 unspecified atom stereocenters. The highest BCUT2D eigenvalue weighted by atomic mass is 32.1. The molecule has 0 saturated heterocycles. The minimum atomic E-state index is -0.429. The molecule has 6 heteroatoms. The van der Waals surface area contributed by atoms with Gasteiger partial charge in [-0.05, 0) is 35.9 Å². The standard InChI is InChI=1S/C19H14FNO3S/c20-14-3-1-12(2-4-14)9-18-21-11-17(25-18)19(22)24-15-5-6-16-13(10-15)7-8-23-16/h1-6,10-11H,7-9H2. The van der Waals surface area contributed by atoms with E-state index in [9.17, 15) is 9.18 Å². The molecule has 4 nitrogen and oxygen atoms in total. The molecule has 4 rings (SSSR count). The molecule has 25 heavy (non-hydrogen) atoms. The normalized spacial score (nSPS) is 12.5. The number of benzene rings is 2. The van der Waals surface area contributed by atoms with Crippen LogP contribution in [-0.2, 0) is 12.8 Å². The number of hydrogen-bond acceptors (Lipinski definition) is 5. The van der Waals surface area contributed by atoms with Crippen molar-refractivity contribution in [2.45, 2.75) is 12.8 Å². The van der Waals surface area contributed by atoms with Crippen LogP contribution in [0, 0.1) is 5.82 Å². The monoisotopic (exact) mass is 355 g/mol. The number of rotatable bonds is 4. The zero-order valence-corrected chi connectivity index (χ0v) is 14.0. The number of halogens is 1. The van der Waals surface area contributed by atoms with Crippen molar-refractivity contribution in [3.63, 3.8) is 0 Å². The maximum atomic E-state index is 12.9. The second-order valence-electron chi connectivity index (χ2n) is 5.68. The summed E-state index contributed by atoms with van der Waals surface area (Å²) in [6.07, 6.45) is 2.89. The van der Waals surface area contributed by atoms with E-state index in [2.05, 4.69) is 4.98 Å². The lowest BCUT2D eigenvalue weighted by Gasteiger charge is -2.04. The summed E-state index contributed by atoms with van der Waals surface area (Å²) in [7, 11) is 0. The molecule has 0 radical (unpaired) electrons. The minimum absolute atomic E-state index is 0.271. The van der Waals surface area contributed by atoms with Crippen LogP contribution in [0.15, 0.2) is 48.7 Å². The molecule has 0 aliphatic carbocycles. The summed E-state index contributed by atoms with van der Waals surface area (Å²) in [5.41, 5.74) is 1.99. The number of fused-ring (bicyclic) bond motifs is 1. The number of hydrogen-bond donors (Lipinski definition) is 0. The molecule has 0 saturated carbocycles. The van der Waals surface area contributed by atoms with Gasteiger partial charge in [-0.15, -0.1) is 11.3 Å². The maximum Gasteiger partial charge on any atom is 0.355 e. The van der Waals surface area contributed by atoms with Gasteiger partial charge in [0.05, 0.1) is 17.8 Å². The van der Waals surface area contributed by atoms with Gasteiger partial charge in [0.1, 0.15) is 22.2 Å². The highest BCUT2D eigenvalue weighted by Gasteiger charge is 2.16. The van der Waals surface area contributed by atoms with E-state index in [0.29, 0.717) is 23.7 Å². The van der Waals surface area contributed by atoms with Crippen LogP contribution < -0.4 is 9.47 Å². The van der Waals surface area contributed by atoms with Gasteiger partial charge in [-0.2, -0.15) is 0 Å². The van der Waals surface area contributed by atoms with Crippen molar-refractivity contribution < 1.29 is 18.7 Å². The Morgan fingerprint density at radius 2 is 2.08 bits per heavy atom. The third-order valence-corrected chi connectivity index (χ3v) is 4.87. The van der Waals surface area contributed by atoms with E-state index in [1.807, 2.05) is 12.1 Å². The molecule has 0 N–H and O–H groups in total. The quantitative estimate of drug-likeness (QED) is 0.524. The Labute approximate surface area is 147 Å². The van der Waals surface area contributed by atoms with Gasteiger partial charge in [0, 0.05) is 18.4 Å². The Morgan fingerprint density at radius 3 is 2.92 bits per heavy atom. The molecule has 1 aliphatic rings. The summed E-state index contributed by atoms with van der Waals surface area (Å²) in [5.74, 6) is 0.649. The molecule has 2 aromatic carbocycles. The van der Waals surface area contributed by atoms with Crippen LogP contribution in [0.4, 0.5) is 4.39 Å². The maximum absolute atomic E-state index is 12.9. The molecule has 0 amide bonds. The van der Waals surface area contributed by atoms with Gasteiger partial charge >= 0.3 is 5.97 Å². The van der Waals surface area contributed by atoms with Crippen molar-refractivity contribution in [1.29, 1.82) is 0 Å². The topological polar surface area (TPSA) is 48.4 Å². The Balaban J connectivity index is 1.44. The molecule has 1 aromatic heterocycles. The number of esters is 1. The van der Waals surface area contributed by atoms with Crippen molar-refractivity contribution in [2.24, 2.45) is 0 Å². The molecular formula is C19H14FNO3S. The Kier molecular flexibility index (Phi) is 4.19. The molecule has 3 aromatic rings. The van der Waals surface area contributed by atoms with Crippen molar-refractivity contribution in [3.05, 3.63) is 75.5 Å². The average Bonchev–Trinajstić information content (AvgIpc) is 3.26. The third kappa shape index (κ3) is 3.53. The molecule has 1 aliphatic heterocycles. The van der Waals surface area contributed by atoms with E-state index in [-0.39, 0.29) is 5.82 Å². The van der Waals surface area contributed by atoms with Gasteiger partial charge in [0.25, 0.3) is 0 Å². The van der Waals surface area contributed by atoms with Crippen molar-refractivity contribution in [3.8, 4) is 11.5 Å². The minimum Gasteiger partial charge on any atom is -0.493 e. The molecule has 2 heterocycles. The van der Waals surface area contributed by atoms with E-state index in [0.717, 1.165) is 28.3 Å². The first-order valence-corrected chi connectivity index (χ1v) is 8.66. The largest absolute Gasteiger partial charge is 0.493 e. The van der Waals surface area contributed by atoms with Gasteiger partial charge < -0.3 is 9.47 Å². The van der Waals surface area contributed by atoms with Crippen LogP contribution >= 0.6 is 11.3 Å². The van der Waals surface area contributed by atoms with Gasteiger partial charge in [-0.3, -0.25) is 0 Å². The summed E-state index contributed by atoms with van der Waals surface area (Å²) < 4.78 is 23.8. The van der Waals surface area contributed by atoms with E-state index in [1.54, 1.807) is 18.2 Å². The van der Waals surface area contributed by atoms with Crippen LogP contribution in [0.2, 0.25) is 0 Å². The number of carbonyl (C=O) groups excluding carboxylic acids is 1. The first-order chi connectivity index (χ1) is 12.2. The Bertz CT molecular complexity index is 921. The summed E-state index contributed by atoms with van der Waals surface area (Å²) in [5, 5.41) is 0.779. The van der Waals surface area contributed by atoms with Crippen molar-refractivity contribution >= 4 is 17.3 Å². The average molecular weight is 355 g/mol. The zero-order valence-electron chi connectivity index (χ0n) is 13.2. The fraction of sp³-hybridized carbons (Fsp3) is 0.158. The number of nitrogens with zero attached hydrogens (tertiary/aromatic N) is 1. The lowest BCUT2D eigenvalue weighted by molar-refractivity contribution is 0.0739. The number of thiazole rings is 1. The van der Waals surface area contributed by atoms with Crippen LogP contribution in [0.25, 0.3) is 0 Å². The van der Waals surface area contributed by atoms with Gasteiger partial charge in [0.15, 0.2) is 0 Å². The fourth-order valence-electron chi connectivity index (χ4n) is 2.65. The van der Waals surface area contributed by atoms with E-state index in [1.165, 1.54) is 29.7 Å². The lowest BCUT2D eigenvalue weighted by Crippen LogP contribution is -2.06. The lowest BCUT2D eigenvalue weighted by atomic mass is 10.1. The summed E-state index contributed by atoms with van der Waals surface area (Å²) >= 11 is 1.28. The predicted octanol–water partition coefficient (Wildman–Crippen LogP) is 4.03. The van der Waals surface area contributed by atoms with Gasteiger partial charge in [-0.1, -0.05) is 12.1 Å². The highest BCUT2D eigenvalue weighted by molar-refractivity contribution is 7.13. The van der Waals surface area contributed by atoms with Crippen LogP contribution in [0.1, 0.15) is 25.8 Å². The second kappa shape index (κ2) is 6.64. The SMILES string of the molecule is O=C(Oc1ccc2c(c1)CCO2)c1cnc(Cc2ccc(F)cc2)s1. The van der Waals surface area contributed by atoms with E-state index >= 15 is 0 Å². The summed E-state index contributed by atoms with van der Waals surface area (Å²) in [4.78, 5) is 17.0. The molecule has 0 bridgehead atoms. The summed E-state index contributed by atoms with van der Waals surface area (Å²) in [6.45, 7) is 0.661. The van der Waals surface area contributed by atoms with E-state index < -0.39 is 5.97 Å². The van der Waals surface area contributed by atoms with Crippen LogP contribution in [0.5, 0.6) is 11.5 Å². The molecule has 126 valence electrons. The number of aromatic nitrogens is 1. The number of carbonyl (C=O) groups is 1. The zero-order chi connectivity index (χ0) is 17.2. The van der Waals surface area contributed by atoms with Crippen molar-refractivity contribution in [2.75, 3.05) is 6.61 Å². The van der Waals surface area contributed by atoms with Crippen LogP contribution in [0.3, 0.4) is 0 Å². The van der Waals surface area contributed by atoms with Crippen LogP contribution in [-0.4, -0.2) is 17.6 Å². The summed E-state index contributed by atoms with van der Waals surface area (Å²) in [6, 6.07) is 11.6. The van der Waals surface area contributed by atoms with E-state index in [4.69, 9.17) is 9.47 Å². The Hall–Kier alpha value is -2.73. The molecule has 0 spiro atoms. The van der Waals surface area contributed by atoms with Crippen molar-refractivity contribution in [1.82, 2.24) is 4.98 Å². The van der Waals surface area contributed by atoms with Gasteiger partial charge in [0.2, 0.25) is 0 Å². The second-order valence-corrected chi connectivity index (χ2v) is 6.79. The fourth-order valence-corrected chi connectivity index (χ4v) is 3.48. The first-order valence-electron chi connectivity index (χ1n) is 7.84. The molecule has 0 fully saturated rings. The van der Waals surface area contributed by atoms with Gasteiger partial charge in [-0.25, -0.2) is 14.2 Å². The first kappa shape index (κ1) is 15.8. The Morgan fingerprint density at radius 1 is 1.24 bits per heavy atom.